The van der Waals surface area contributed by atoms with Crippen LogP contribution < -0.4 is 10.1 Å². The van der Waals surface area contributed by atoms with E-state index in [1.165, 1.54) is 13.2 Å². The number of rotatable bonds is 2. The highest BCUT2D eigenvalue weighted by molar-refractivity contribution is 5.99. The van der Waals surface area contributed by atoms with Gasteiger partial charge in [-0.05, 0) is 31.5 Å². The first-order chi connectivity index (χ1) is 10.3. The van der Waals surface area contributed by atoms with E-state index >= 15 is 0 Å². The number of esters is 1. The Balaban J connectivity index is 2.12. The minimum Gasteiger partial charge on any atom is -0.504 e. The molecule has 0 unspecified atom stereocenters. The van der Waals surface area contributed by atoms with Crippen molar-refractivity contribution in [1.82, 2.24) is 5.32 Å². The van der Waals surface area contributed by atoms with E-state index in [0.717, 1.165) is 5.56 Å². The second kappa shape index (κ2) is 4.76. The van der Waals surface area contributed by atoms with Gasteiger partial charge in [0, 0.05) is 12.3 Å². The highest BCUT2D eigenvalue weighted by Gasteiger charge is 2.47. The van der Waals surface area contributed by atoms with Crippen LogP contribution in [-0.4, -0.2) is 29.7 Å². The summed E-state index contributed by atoms with van der Waals surface area (Å²) < 4.78 is 10.5. The number of benzene rings is 1. The van der Waals surface area contributed by atoms with Gasteiger partial charge in [-0.3, -0.25) is 4.79 Å². The Hall–Kier alpha value is -2.50. The van der Waals surface area contributed by atoms with Crippen LogP contribution in [-0.2, 0) is 14.3 Å². The monoisotopic (exact) mass is 303 g/mol. The summed E-state index contributed by atoms with van der Waals surface area (Å²) in [6.07, 6.45) is 0.151. The van der Waals surface area contributed by atoms with Gasteiger partial charge in [-0.25, -0.2) is 4.79 Å². The van der Waals surface area contributed by atoms with E-state index in [-0.39, 0.29) is 18.1 Å². The highest BCUT2D eigenvalue weighted by Crippen LogP contribution is 2.43. The Morgan fingerprint density at radius 1 is 1.36 bits per heavy atom. The lowest BCUT2D eigenvalue weighted by Gasteiger charge is -2.27. The number of aromatic hydroxyl groups is 1. The molecule has 0 fully saturated rings. The summed E-state index contributed by atoms with van der Waals surface area (Å²) in [6.45, 7) is 3.49. The molecule has 1 amide bonds. The lowest BCUT2D eigenvalue weighted by Crippen LogP contribution is -2.38. The fourth-order valence-electron chi connectivity index (χ4n) is 2.97. The third kappa shape index (κ3) is 2.11. The summed E-state index contributed by atoms with van der Waals surface area (Å²) in [5, 5.41) is 12.5. The van der Waals surface area contributed by atoms with Crippen LogP contribution in [0, 0.1) is 0 Å². The first-order valence-corrected chi connectivity index (χ1v) is 6.98. The van der Waals surface area contributed by atoms with Gasteiger partial charge in [0.25, 0.3) is 0 Å². The van der Waals surface area contributed by atoms with Gasteiger partial charge in [0.1, 0.15) is 5.60 Å². The van der Waals surface area contributed by atoms with Crippen molar-refractivity contribution in [3.63, 3.8) is 0 Å². The minimum atomic E-state index is -0.845. The van der Waals surface area contributed by atoms with Gasteiger partial charge < -0.3 is 19.9 Å². The van der Waals surface area contributed by atoms with Crippen LogP contribution in [0.5, 0.6) is 11.5 Å². The van der Waals surface area contributed by atoms with E-state index in [9.17, 15) is 14.7 Å². The molecular weight excluding hydrogens is 286 g/mol. The molecule has 0 aliphatic carbocycles. The Morgan fingerprint density at radius 3 is 2.77 bits per heavy atom. The van der Waals surface area contributed by atoms with E-state index in [0.29, 0.717) is 17.0 Å². The third-order valence-corrected chi connectivity index (χ3v) is 4.05. The van der Waals surface area contributed by atoms with Crippen molar-refractivity contribution in [2.45, 2.75) is 31.8 Å². The van der Waals surface area contributed by atoms with Gasteiger partial charge in [0.05, 0.1) is 18.4 Å². The molecule has 0 spiro atoms. The van der Waals surface area contributed by atoms with Gasteiger partial charge in [0.15, 0.2) is 11.5 Å². The third-order valence-electron chi connectivity index (χ3n) is 4.05. The number of cyclic esters (lactones) is 1. The van der Waals surface area contributed by atoms with Gasteiger partial charge in [0.2, 0.25) is 5.91 Å². The van der Waals surface area contributed by atoms with E-state index in [1.54, 1.807) is 26.0 Å². The number of amides is 1. The number of carbonyl (C=O) groups is 2. The van der Waals surface area contributed by atoms with Crippen molar-refractivity contribution in [3.8, 4) is 11.5 Å². The summed E-state index contributed by atoms with van der Waals surface area (Å²) in [5.74, 6) is -0.682. The standard InChI is InChI=1S/C16H17NO5/c1-16(2)14-13(15(20)22-16)9(7-12(19)17-14)8-4-5-10(18)11(6-8)21-3/h4-6,9,18H,7H2,1-3H3,(H,17,19)/t9-/m1/s1. The maximum Gasteiger partial charge on any atom is 0.337 e. The van der Waals surface area contributed by atoms with Crippen molar-refractivity contribution in [2.75, 3.05) is 7.11 Å². The lowest BCUT2D eigenvalue weighted by molar-refractivity contribution is -0.144. The molecule has 0 bridgehead atoms. The Labute approximate surface area is 127 Å². The molecule has 0 radical (unpaired) electrons. The number of carbonyl (C=O) groups excluding carboxylic acids is 2. The van der Waals surface area contributed by atoms with Crippen LogP contribution >= 0.6 is 0 Å². The molecule has 116 valence electrons. The molecule has 2 heterocycles. The molecule has 22 heavy (non-hydrogen) atoms. The molecule has 0 saturated carbocycles. The van der Waals surface area contributed by atoms with Crippen LogP contribution in [0.1, 0.15) is 31.7 Å². The van der Waals surface area contributed by atoms with Crippen molar-refractivity contribution < 1.29 is 24.2 Å². The topological polar surface area (TPSA) is 84.9 Å². The molecule has 6 heteroatoms. The van der Waals surface area contributed by atoms with Crippen molar-refractivity contribution >= 4 is 11.9 Å². The molecule has 1 aromatic carbocycles. The van der Waals surface area contributed by atoms with Crippen LogP contribution in [0.25, 0.3) is 0 Å². The first-order valence-electron chi connectivity index (χ1n) is 6.98. The summed E-state index contributed by atoms with van der Waals surface area (Å²) in [6, 6.07) is 4.82. The van der Waals surface area contributed by atoms with Crippen molar-refractivity contribution in [2.24, 2.45) is 0 Å². The second-order valence-corrected chi connectivity index (χ2v) is 5.92. The number of phenolic OH excluding ortho intramolecular Hbond substituents is 1. The molecule has 6 nitrogen and oxygen atoms in total. The summed E-state index contributed by atoms with van der Waals surface area (Å²) >= 11 is 0. The van der Waals surface area contributed by atoms with Crippen LogP contribution in [0.15, 0.2) is 29.5 Å². The molecule has 1 atom stereocenters. The van der Waals surface area contributed by atoms with E-state index in [1.807, 2.05) is 0 Å². The maximum absolute atomic E-state index is 12.2. The first kappa shape index (κ1) is 14.4. The van der Waals surface area contributed by atoms with Crippen LogP contribution in [0.3, 0.4) is 0 Å². The summed E-state index contributed by atoms with van der Waals surface area (Å²) in [5.41, 5.74) is 0.872. The minimum absolute atomic E-state index is 0.00930. The smallest absolute Gasteiger partial charge is 0.337 e. The maximum atomic E-state index is 12.2. The number of phenols is 1. The predicted molar refractivity (Wildman–Crippen MR) is 77.4 cm³/mol. The lowest BCUT2D eigenvalue weighted by atomic mass is 9.83. The Kier molecular flexibility index (Phi) is 3.12. The molecule has 0 aromatic heterocycles. The van der Waals surface area contributed by atoms with Crippen molar-refractivity contribution in [3.05, 3.63) is 35.0 Å². The summed E-state index contributed by atoms with van der Waals surface area (Å²) in [7, 11) is 1.45. The van der Waals surface area contributed by atoms with Crippen LogP contribution in [0.2, 0.25) is 0 Å². The summed E-state index contributed by atoms with van der Waals surface area (Å²) in [4.78, 5) is 24.2. The molecule has 0 saturated heterocycles. The SMILES string of the molecule is COc1cc([C@H]2CC(=O)NC3=C2C(=O)OC3(C)C)ccc1O. The average molecular weight is 303 g/mol. The normalized spacial score (nSPS) is 23.0. The number of methoxy groups -OCH3 is 1. The highest BCUT2D eigenvalue weighted by atomic mass is 16.6. The van der Waals surface area contributed by atoms with Gasteiger partial charge in [-0.2, -0.15) is 0 Å². The van der Waals surface area contributed by atoms with E-state index < -0.39 is 17.5 Å². The second-order valence-electron chi connectivity index (χ2n) is 5.92. The van der Waals surface area contributed by atoms with Gasteiger partial charge in [-0.15, -0.1) is 0 Å². The Morgan fingerprint density at radius 2 is 2.09 bits per heavy atom. The number of nitrogens with one attached hydrogen (secondary N) is 1. The molecule has 3 rings (SSSR count). The zero-order chi connectivity index (χ0) is 16.1. The average Bonchev–Trinajstić information content (AvgIpc) is 2.68. The molecule has 2 N–H and O–H groups in total. The largest absolute Gasteiger partial charge is 0.504 e. The molecule has 1 aromatic rings. The van der Waals surface area contributed by atoms with Gasteiger partial charge >= 0.3 is 5.97 Å². The van der Waals surface area contributed by atoms with Crippen LogP contribution in [0.4, 0.5) is 0 Å². The fourth-order valence-corrected chi connectivity index (χ4v) is 2.97. The fraction of sp³-hybridized carbons (Fsp3) is 0.375. The predicted octanol–water partition coefficient (Wildman–Crippen LogP) is 1.59. The zero-order valence-corrected chi connectivity index (χ0v) is 12.6. The Bertz CT molecular complexity index is 704. The molecule has 2 aliphatic rings. The van der Waals surface area contributed by atoms with E-state index in [4.69, 9.17) is 9.47 Å². The van der Waals surface area contributed by atoms with Gasteiger partial charge in [-0.1, -0.05) is 6.07 Å². The zero-order valence-electron chi connectivity index (χ0n) is 12.6. The van der Waals surface area contributed by atoms with Crippen molar-refractivity contribution in [1.29, 1.82) is 0 Å². The number of ether oxygens (including phenoxy) is 2. The number of hydrogen-bond donors (Lipinski definition) is 2. The quantitative estimate of drug-likeness (QED) is 0.811. The number of hydrogen-bond acceptors (Lipinski definition) is 5. The molecule has 2 aliphatic heterocycles. The van der Waals surface area contributed by atoms with E-state index in [2.05, 4.69) is 5.32 Å². The molecular formula is C16H17NO5.